The normalized spacial score (nSPS) is 18.4. The highest BCUT2D eigenvalue weighted by Crippen LogP contribution is 2.41. The molecular formula is C24H25Cl2NO4. The number of ether oxygens (including phenoxy) is 2. The number of amides is 1. The van der Waals surface area contributed by atoms with Crippen LogP contribution in [0, 0.1) is 13.8 Å². The first-order valence-corrected chi connectivity index (χ1v) is 11.2. The van der Waals surface area contributed by atoms with Crippen LogP contribution in [0.3, 0.4) is 0 Å². The van der Waals surface area contributed by atoms with E-state index in [0.29, 0.717) is 59.5 Å². The first kappa shape index (κ1) is 22.0. The molecule has 2 aromatic rings. The van der Waals surface area contributed by atoms with Gasteiger partial charge in [0.2, 0.25) is 0 Å². The van der Waals surface area contributed by atoms with E-state index in [1.165, 1.54) is 0 Å². The van der Waals surface area contributed by atoms with E-state index in [4.69, 9.17) is 32.7 Å². The maximum atomic E-state index is 12.9. The van der Waals surface area contributed by atoms with Crippen molar-refractivity contribution in [3.63, 3.8) is 0 Å². The van der Waals surface area contributed by atoms with Gasteiger partial charge < -0.3 is 14.4 Å². The van der Waals surface area contributed by atoms with Crippen molar-refractivity contribution in [2.24, 2.45) is 0 Å². The summed E-state index contributed by atoms with van der Waals surface area (Å²) in [5, 5.41) is 0.870. The zero-order chi connectivity index (χ0) is 22.3. The zero-order valence-corrected chi connectivity index (χ0v) is 19.3. The number of nitrogens with zero attached hydrogens (tertiary/aromatic N) is 1. The van der Waals surface area contributed by atoms with Crippen LogP contribution in [0.15, 0.2) is 30.3 Å². The van der Waals surface area contributed by atoms with Gasteiger partial charge in [-0.15, -0.1) is 0 Å². The molecule has 0 radical (unpaired) electrons. The Bertz CT molecular complexity index is 1040. The fourth-order valence-electron chi connectivity index (χ4n) is 4.50. The molecule has 7 heteroatoms. The van der Waals surface area contributed by atoms with Crippen LogP contribution in [0.1, 0.15) is 47.7 Å². The van der Waals surface area contributed by atoms with Crippen molar-refractivity contribution in [2.45, 2.75) is 51.7 Å². The number of ketones is 1. The fraction of sp³-hybridized carbons (Fsp3) is 0.417. The second-order valence-electron chi connectivity index (χ2n) is 8.50. The molecule has 2 aliphatic rings. The van der Waals surface area contributed by atoms with Gasteiger partial charge in [-0.1, -0.05) is 29.3 Å². The molecule has 4 rings (SSSR count). The first-order chi connectivity index (χ1) is 14.7. The molecule has 0 bridgehead atoms. The number of hydrogen-bond acceptors (Lipinski definition) is 4. The summed E-state index contributed by atoms with van der Waals surface area (Å²) in [6.45, 7) is 6.67. The zero-order valence-electron chi connectivity index (χ0n) is 17.8. The lowest BCUT2D eigenvalue weighted by Gasteiger charge is -2.44. The molecule has 1 saturated heterocycles. The molecule has 1 spiro atoms. The number of Topliss-reactive ketones (excluding diaryl/α,β-unsaturated/α-hetero) is 1. The van der Waals surface area contributed by atoms with Gasteiger partial charge in [0.25, 0.3) is 5.91 Å². The molecule has 164 valence electrons. The molecule has 1 amide bonds. The molecule has 0 aliphatic carbocycles. The van der Waals surface area contributed by atoms with E-state index in [1.807, 2.05) is 26.0 Å². The molecule has 0 aromatic heterocycles. The van der Waals surface area contributed by atoms with Crippen LogP contribution in [0.5, 0.6) is 11.5 Å². The first-order valence-electron chi connectivity index (χ1n) is 10.4. The number of carbonyl (C=O) groups is 2. The second kappa shape index (κ2) is 8.36. The summed E-state index contributed by atoms with van der Waals surface area (Å²) >= 11 is 12.1. The van der Waals surface area contributed by atoms with Gasteiger partial charge in [-0.3, -0.25) is 9.59 Å². The molecule has 1 unspecified atom stereocenters. The lowest BCUT2D eigenvalue weighted by molar-refractivity contribution is -0.141. The SMILES string of the molecule is Cc1cc(C)c2c(c1)OC1(CCN(C(=O)C(C)Oc3ccc(Cl)cc3Cl)CC1)CC2=O. The lowest BCUT2D eigenvalue weighted by Crippen LogP contribution is -2.54. The monoisotopic (exact) mass is 461 g/mol. The molecule has 31 heavy (non-hydrogen) atoms. The van der Waals surface area contributed by atoms with Crippen molar-refractivity contribution < 1.29 is 19.1 Å². The predicted octanol–water partition coefficient (Wildman–Crippen LogP) is 5.40. The summed E-state index contributed by atoms with van der Waals surface area (Å²) in [6.07, 6.45) is 0.863. The van der Waals surface area contributed by atoms with E-state index in [0.717, 1.165) is 11.1 Å². The van der Waals surface area contributed by atoms with Gasteiger partial charge in [0.1, 0.15) is 17.1 Å². The van der Waals surface area contributed by atoms with Gasteiger partial charge in [-0.2, -0.15) is 0 Å². The third-order valence-corrected chi connectivity index (χ3v) is 6.59. The predicted molar refractivity (Wildman–Crippen MR) is 121 cm³/mol. The molecule has 2 aromatic carbocycles. The summed E-state index contributed by atoms with van der Waals surface area (Å²) in [5.74, 6) is 1.09. The van der Waals surface area contributed by atoms with Crippen molar-refractivity contribution in [1.29, 1.82) is 0 Å². The average Bonchev–Trinajstić information content (AvgIpc) is 2.69. The lowest BCUT2D eigenvalue weighted by atomic mass is 9.81. The number of carbonyl (C=O) groups excluding carboxylic acids is 2. The maximum Gasteiger partial charge on any atom is 0.263 e. The summed E-state index contributed by atoms with van der Waals surface area (Å²) in [6, 6.07) is 8.85. The van der Waals surface area contributed by atoms with Crippen LogP contribution in [0.25, 0.3) is 0 Å². The van der Waals surface area contributed by atoms with E-state index in [2.05, 4.69) is 0 Å². The minimum atomic E-state index is -0.687. The molecule has 2 heterocycles. The van der Waals surface area contributed by atoms with E-state index in [1.54, 1.807) is 30.0 Å². The molecule has 2 aliphatic heterocycles. The molecule has 5 nitrogen and oxygen atoms in total. The Morgan fingerprint density at radius 3 is 2.55 bits per heavy atom. The highest BCUT2D eigenvalue weighted by atomic mass is 35.5. The number of likely N-dealkylation sites (tertiary alicyclic amines) is 1. The van der Waals surface area contributed by atoms with E-state index < -0.39 is 11.7 Å². The van der Waals surface area contributed by atoms with Gasteiger partial charge in [0.15, 0.2) is 11.9 Å². The Hall–Kier alpha value is -2.24. The highest BCUT2D eigenvalue weighted by Gasteiger charge is 2.44. The van der Waals surface area contributed by atoms with Crippen LogP contribution < -0.4 is 9.47 Å². The maximum absolute atomic E-state index is 12.9. The average molecular weight is 462 g/mol. The van der Waals surface area contributed by atoms with E-state index >= 15 is 0 Å². The number of benzene rings is 2. The number of hydrogen-bond donors (Lipinski definition) is 0. The standard InChI is InChI=1S/C24H25Cl2NO4/c1-14-10-15(2)22-19(28)13-24(31-21(22)11-14)6-8-27(9-7-24)23(29)16(3)30-20-5-4-17(25)12-18(20)26/h4-5,10-12,16H,6-9,13H2,1-3H3. The fourth-order valence-corrected chi connectivity index (χ4v) is 4.95. The minimum absolute atomic E-state index is 0.116. The summed E-state index contributed by atoms with van der Waals surface area (Å²) in [7, 11) is 0. The Balaban J connectivity index is 1.42. The van der Waals surface area contributed by atoms with Gasteiger partial charge in [-0.25, -0.2) is 0 Å². The van der Waals surface area contributed by atoms with Crippen molar-refractivity contribution in [3.05, 3.63) is 57.1 Å². The van der Waals surface area contributed by atoms with E-state index in [-0.39, 0.29) is 11.7 Å². The number of piperidine rings is 1. The number of aryl methyl sites for hydroxylation is 2. The van der Waals surface area contributed by atoms with Gasteiger partial charge in [-0.05, 0) is 56.2 Å². The van der Waals surface area contributed by atoms with Gasteiger partial charge >= 0.3 is 0 Å². The molecular weight excluding hydrogens is 437 g/mol. The van der Waals surface area contributed by atoms with Gasteiger partial charge in [0.05, 0.1) is 17.0 Å². The van der Waals surface area contributed by atoms with Crippen molar-refractivity contribution in [3.8, 4) is 11.5 Å². The Morgan fingerprint density at radius 2 is 1.87 bits per heavy atom. The Morgan fingerprint density at radius 1 is 1.16 bits per heavy atom. The van der Waals surface area contributed by atoms with Gasteiger partial charge in [0, 0.05) is 31.0 Å². The van der Waals surface area contributed by atoms with Crippen LogP contribution in [0.4, 0.5) is 0 Å². The van der Waals surface area contributed by atoms with E-state index in [9.17, 15) is 9.59 Å². The van der Waals surface area contributed by atoms with Crippen molar-refractivity contribution >= 4 is 34.9 Å². The molecule has 1 fully saturated rings. The number of fused-ring (bicyclic) bond motifs is 1. The van der Waals surface area contributed by atoms with Crippen LogP contribution in [0.2, 0.25) is 10.0 Å². The Labute approximate surface area is 192 Å². The van der Waals surface area contributed by atoms with Crippen LogP contribution in [-0.2, 0) is 4.79 Å². The summed E-state index contributed by atoms with van der Waals surface area (Å²) in [4.78, 5) is 27.6. The topological polar surface area (TPSA) is 55.8 Å². The number of rotatable bonds is 3. The third-order valence-electron chi connectivity index (χ3n) is 6.06. The largest absolute Gasteiger partial charge is 0.486 e. The minimum Gasteiger partial charge on any atom is -0.486 e. The Kier molecular flexibility index (Phi) is 5.93. The molecule has 0 saturated carbocycles. The summed E-state index contributed by atoms with van der Waals surface area (Å²) in [5.41, 5.74) is 2.16. The number of halogens is 2. The molecule has 1 atom stereocenters. The van der Waals surface area contributed by atoms with Crippen LogP contribution in [-0.4, -0.2) is 41.4 Å². The second-order valence-corrected chi connectivity index (χ2v) is 9.34. The summed E-state index contributed by atoms with van der Waals surface area (Å²) < 4.78 is 12.2. The van der Waals surface area contributed by atoms with Crippen molar-refractivity contribution in [2.75, 3.05) is 13.1 Å². The van der Waals surface area contributed by atoms with Crippen LogP contribution >= 0.6 is 23.2 Å². The highest BCUT2D eigenvalue weighted by molar-refractivity contribution is 6.35. The molecule has 0 N–H and O–H groups in total. The smallest absolute Gasteiger partial charge is 0.263 e. The third kappa shape index (κ3) is 4.39. The quantitative estimate of drug-likeness (QED) is 0.613. The van der Waals surface area contributed by atoms with Crippen molar-refractivity contribution in [1.82, 2.24) is 4.90 Å².